The molecule has 1 aliphatic heterocycles. The summed E-state index contributed by atoms with van der Waals surface area (Å²) < 4.78 is 13.5. The third-order valence-electron chi connectivity index (χ3n) is 4.22. The lowest BCUT2D eigenvalue weighted by Gasteiger charge is -2.15. The second-order valence-corrected chi connectivity index (χ2v) is 6.86. The molecule has 6 heteroatoms. The van der Waals surface area contributed by atoms with E-state index in [1.165, 1.54) is 18.2 Å². The fourth-order valence-corrected chi connectivity index (χ4v) is 3.35. The Balaban J connectivity index is 1.59. The molecule has 0 bridgehead atoms. The number of hydrogen-bond acceptors (Lipinski definition) is 2. The summed E-state index contributed by atoms with van der Waals surface area (Å²) in [5.74, 6) is -0.630. The first-order chi connectivity index (χ1) is 12.0. The van der Waals surface area contributed by atoms with Crippen molar-refractivity contribution < 1.29 is 14.0 Å². The van der Waals surface area contributed by atoms with Crippen molar-refractivity contribution in [3.05, 3.63) is 69.4 Å². The van der Waals surface area contributed by atoms with Gasteiger partial charge in [0.1, 0.15) is 5.82 Å². The molecular weight excluding hydrogens is 387 g/mol. The molecule has 1 aliphatic rings. The molecule has 1 heterocycles. The van der Waals surface area contributed by atoms with Crippen molar-refractivity contribution in [2.45, 2.75) is 19.4 Å². The Hall–Kier alpha value is -2.21. The van der Waals surface area contributed by atoms with Crippen LogP contribution in [0.25, 0.3) is 0 Å². The van der Waals surface area contributed by atoms with Crippen molar-refractivity contribution in [1.29, 1.82) is 0 Å². The monoisotopic (exact) mass is 404 g/mol. The number of benzene rings is 2. The van der Waals surface area contributed by atoms with Crippen LogP contribution in [0.4, 0.5) is 4.39 Å². The minimum absolute atomic E-state index is 0.0586. The van der Waals surface area contributed by atoms with Crippen molar-refractivity contribution in [3.8, 4) is 0 Å². The molecule has 2 amide bonds. The quantitative estimate of drug-likeness (QED) is 0.843. The maximum absolute atomic E-state index is 13.1. The van der Waals surface area contributed by atoms with E-state index in [-0.39, 0.29) is 11.8 Å². The highest BCUT2D eigenvalue weighted by molar-refractivity contribution is 9.10. The first kappa shape index (κ1) is 17.6. The van der Waals surface area contributed by atoms with Crippen molar-refractivity contribution in [1.82, 2.24) is 10.2 Å². The Labute approximate surface area is 154 Å². The van der Waals surface area contributed by atoms with Gasteiger partial charge in [-0.15, -0.1) is 0 Å². The zero-order chi connectivity index (χ0) is 17.8. The highest BCUT2D eigenvalue weighted by atomic mass is 79.9. The van der Waals surface area contributed by atoms with E-state index in [1.807, 2.05) is 17.0 Å². The predicted octanol–water partition coefficient (Wildman–Crippen LogP) is 3.75. The third kappa shape index (κ3) is 4.25. The van der Waals surface area contributed by atoms with Gasteiger partial charge < -0.3 is 10.2 Å². The van der Waals surface area contributed by atoms with Gasteiger partial charge >= 0.3 is 0 Å². The fourth-order valence-electron chi connectivity index (χ4n) is 2.82. The van der Waals surface area contributed by atoms with E-state index in [9.17, 15) is 14.0 Å². The molecule has 0 aromatic heterocycles. The lowest BCUT2D eigenvalue weighted by atomic mass is 10.1. The molecule has 0 atom stereocenters. The number of carbonyl (C=O) groups is 2. The number of likely N-dealkylation sites (tertiary alicyclic amines) is 1. The highest BCUT2D eigenvalue weighted by Gasteiger charge is 2.19. The molecule has 2 aromatic carbocycles. The summed E-state index contributed by atoms with van der Waals surface area (Å²) in [6, 6.07) is 11.2. The molecule has 0 saturated carbocycles. The van der Waals surface area contributed by atoms with E-state index >= 15 is 0 Å². The number of halogens is 2. The summed E-state index contributed by atoms with van der Waals surface area (Å²) in [7, 11) is 0. The smallest absolute Gasteiger partial charge is 0.253 e. The van der Waals surface area contributed by atoms with Crippen molar-refractivity contribution in [2.75, 3.05) is 13.1 Å². The lowest BCUT2D eigenvalue weighted by Crippen LogP contribution is -2.27. The van der Waals surface area contributed by atoms with Crippen LogP contribution in [0, 0.1) is 5.82 Å². The number of nitrogens with zero attached hydrogens (tertiary/aromatic N) is 1. The molecule has 1 fully saturated rings. The molecule has 0 spiro atoms. The van der Waals surface area contributed by atoms with E-state index in [0.29, 0.717) is 22.1 Å². The number of rotatable bonds is 4. The van der Waals surface area contributed by atoms with Crippen LogP contribution < -0.4 is 5.32 Å². The number of nitrogens with one attached hydrogen (secondary N) is 1. The summed E-state index contributed by atoms with van der Waals surface area (Å²) in [6.45, 7) is 1.98. The van der Waals surface area contributed by atoms with Crippen LogP contribution in [-0.4, -0.2) is 29.8 Å². The van der Waals surface area contributed by atoms with Gasteiger partial charge in [0.25, 0.3) is 11.8 Å². The second kappa shape index (κ2) is 7.78. The standard InChI is InChI=1S/C19H18BrFN2O2/c20-17-11-15(21)7-8-16(17)18(24)22-12-13-3-5-14(6-4-13)19(25)23-9-1-2-10-23/h3-8,11H,1-2,9-10,12H2,(H,22,24). The maximum Gasteiger partial charge on any atom is 0.253 e. The molecular formula is C19H18BrFN2O2. The molecule has 25 heavy (non-hydrogen) atoms. The van der Waals surface area contributed by atoms with Crippen LogP contribution >= 0.6 is 15.9 Å². The summed E-state index contributed by atoms with van der Waals surface area (Å²) in [5.41, 5.74) is 1.94. The largest absolute Gasteiger partial charge is 0.348 e. The van der Waals surface area contributed by atoms with Crippen LogP contribution in [0.5, 0.6) is 0 Å². The Morgan fingerprint density at radius 3 is 2.40 bits per heavy atom. The van der Waals surface area contributed by atoms with E-state index in [1.54, 1.807) is 12.1 Å². The molecule has 1 saturated heterocycles. The van der Waals surface area contributed by atoms with Gasteiger partial charge in [-0.1, -0.05) is 12.1 Å². The highest BCUT2D eigenvalue weighted by Crippen LogP contribution is 2.18. The van der Waals surface area contributed by atoms with Gasteiger partial charge in [0.2, 0.25) is 0 Å². The van der Waals surface area contributed by atoms with Crippen LogP contribution in [-0.2, 0) is 6.54 Å². The molecule has 1 N–H and O–H groups in total. The minimum atomic E-state index is -0.401. The van der Waals surface area contributed by atoms with E-state index < -0.39 is 5.82 Å². The number of amides is 2. The summed E-state index contributed by atoms with van der Waals surface area (Å²) in [5, 5.41) is 2.79. The Kier molecular flexibility index (Phi) is 5.48. The van der Waals surface area contributed by atoms with E-state index in [0.717, 1.165) is 31.5 Å². The molecule has 0 radical (unpaired) electrons. The zero-order valence-corrected chi connectivity index (χ0v) is 15.2. The SMILES string of the molecule is O=C(NCc1ccc(C(=O)N2CCCC2)cc1)c1ccc(F)cc1Br. The molecule has 0 unspecified atom stereocenters. The summed E-state index contributed by atoms with van der Waals surface area (Å²) >= 11 is 3.19. The summed E-state index contributed by atoms with van der Waals surface area (Å²) in [4.78, 5) is 26.3. The van der Waals surface area contributed by atoms with E-state index in [2.05, 4.69) is 21.2 Å². The average Bonchev–Trinajstić information content (AvgIpc) is 3.14. The molecule has 130 valence electrons. The van der Waals surface area contributed by atoms with Gasteiger partial charge in [-0.3, -0.25) is 9.59 Å². The topological polar surface area (TPSA) is 49.4 Å². The number of carbonyl (C=O) groups excluding carboxylic acids is 2. The zero-order valence-electron chi connectivity index (χ0n) is 13.6. The molecule has 3 rings (SSSR count). The van der Waals surface area contributed by atoms with Crippen molar-refractivity contribution in [2.24, 2.45) is 0 Å². The molecule has 0 aliphatic carbocycles. The second-order valence-electron chi connectivity index (χ2n) is 6.00. The minimum Gasteiger partial charge on any atom is -0.348 e. The third-order valence-corrected chi connectivity index (χ3v) is 4.88. The van der Waals surface area contributed by atoms with Gasteiger partial charge in [0.05, 0.1) is 5.56 Å². The maximum atomic E-state index is 13.1. The predicted molar refractivity (Wildman–Crippen MR) is 96.8 cm³/mol. The summed E-state index contributed by atoms with van der Waals surface area (Å²) in [6.07, 6.45) is 2.13. The number of hydrogen-bond donors (Lipinski definition) is 1. The van der Waals surface area contributed by atoms with Crippen LogP contribution in [0.1, 0.15) is 39.1 Å². The van der Waals surface area contributed by atoms with Crippen LogP contribution in [0.15, 0.2) is 46.9 Å². The van der Waals surface area contributed by atoms with Crippen molar-refractivity contribution >= 4 is 27.7 Å². The first-order valence-electron chi connectivity index (χ1n) is 8.16. The Morgan fingerprint density at radius 2 is 1.76 bits per heavy atom. The van der Waals surface area contributed by atoms with Crippen molar-refractivity contribution in [3.63, 3.8) is 0 Å². The van der Waals surface area contributed by atoms with Gasteiger partial charge in [0, 0.05) is 29.7 Å². The fraction of sp³-hybridized carbons (Fsp3) is 0.263. The molecule has 4 nitrogen and oxygen atoms in total. The lowest BCUT2D eigenvalue weighted by molar-refractivity contribution is 0.0792. The Morgan fingerprint density at radius 1 is 1.08 bits per heavy atom. The normalized spacial score (nSPS) is 13.8. The van der Waals surface area contributed by atoms with Gasteiger partial charge in [0.15, 0.2) is 0 Å². The Bertz CT molecular complexity index is 787. The first-order valence-corrected chi connectivity index (χ1v) is 8.95. The van der Waals surface area contributed by atoms with E-state index in [4.69, 9.17) is 0 Å². The van der Waals surface area contributed by atoms with Crippen LogP contribution in [0.2, 0.25) is 0 Å². The van der Waals surface area contributed by atoms with Gasteiger partial charge in [-0.25, -0.2) is 4.39 Å². The van der Waals surface area contributed by atoms with Gasteiger partial charge in [-0.05, 0) is 64.7 Å². The van der Waals surface area contributed by atoms with Crippen LogP contribution in [0.3, 0.4) is 0 Å². The average molecular weight is 405 g/mol. The molecule has 2 aromatic rings. The van der Waals surface area contributed by atoms with Gasteiger partial charge in [-0.2, -0.15) is 0 Å².